The van der Waals surface area contributed by atoms with Crippen molar-refractivity contribution in [3.8, 4) is 0 Å². The van der Waals surface area contributed by atoms with E-state index in [0.29, 0.717) is 6.04 Å². The van der Waals surface area contributed by atoms with Crippen LogP contribution in [0.25, 0.3) is 0 Å². The van der Waals surface area contributed by atoms with Crippen molar-refractivity contribution >= 4 is 0 Å². The second-order valence-corrected chi connectivity index (χ2v) is 6.44. The molecular weight excluding hydrogens is 254 g/mol. The molecule has 1 heterocycles. The van der Waals surface area contributed by atoms with Crippen LogP contribution in [0.4, 0.5) is 0 Å². The van der Waals surface area contributed by atoms with E-state index in [0.717, 1.165) is 0 Å². The second kappa shape index (κ2) is 6.03. The Labute approximate surface area is 128 Å². The molecule has 0 N–H and O–H groups in total. The third-order valence-electron chi connectivity index (χ3n) is 5.03. The molecule has 21 heavy (non-hydrogen) atoms. The summed E-state index contributed by atoms with van der Waals surface area (Å²) in [5, 5.41) is 0. The van der Waals surface area contributed by atoms with Crippen molar-refractivity contribution in [2.24, 2.45) is 0 Å². The minimum atomic E-state index is 0.188. The summed E-state index contributed by atoms with van der Waals surface area (Å²) in [7, 11) is 0. The zero-order valence-corrected chi connectivity index (χ0v) is 13.1. The zero-order chi connectivity index (χ0) is 14.7. The van der Waals surface area contributed by atoms with Crippen LogP contribution in [0.2, 0.25) is 0 Å². The fraction of sp³-hybridized carbons (Fsp3) is 0.400. The highest BCUT2D eigenvalue weighted by atomic mass is 15.2. The summed E-state index contributed by atoms with van der Waals surface area (Å²) in [6.45, 7) is 6.97. The highest BCUT2D eigenvalue weighted by Crippen LogP contribution is 2.41. The van der Waals surface area contributed by atoms with Crippen LogP contribution in [-0.4, -0.2) is 24.0 Å². The van der Waals surface area contributed by atoms with Gasteiger partial charge < -0.3 is 4.90 Å². The Balaban J connectivity index is 1.98. The molecule has 0 amide bonds. The van der Waals surface area contributed by atoms with E-state index in [4.69, 9.17) is 0 Å². The first-order chi connectivity index (χ1) is 10.2. The summed E-state index contributed by atoms with van der Waals surface area (Å²) in [6.07, 6.45) is 2.42. The number of rotatable bonds is 3. The molecule has 1 saturated heterocycles. The van der Waals surface area contributed by atoms with Crippen molar-refractivity contribution < 1.29 is 0 Å². The van der Waals surface area contributed by atoms with Gasteiger partial charge in [0.1, 0.15) is 0 Å². The molecule has 1 aliphatic heterocycles. The van der Waals surface area contributed by atoms with E-state index in [1.54, 1.807) is 0 Å². The van der Waals surface area contributed by atoms with E-state index >= 15 is 0 Å². The monoisotopic (exact) mass is 279 g/mol. The molecule has 0 aliphatic carbocycles. The molecule has 0 spiro atoms. The van der Waals surface area contributed by atoms with Crippen molar-refractivity contribution in [1.29, 1.82) is 0 Å². The smallest absolute Gasteiger partial charge is 0.0227 e. The average molecular weight is 279 g/mol. The predicted octanol–water partition coefficient (Wildman–Crippen LogP) is 4.48. The Morgan fingerprint density at radius 1 is 0.762 bits per heavy atom. The quantitative estimate of drug-likeness (QED) is 0.801. The molecule has 1 nitrogen and oxygen atoms in total. The highest BCUT2D eigenvalue weighted by molar-refractivity contribution is 5.40. The lowest BCUT2D eigenvalue weighted by molar-refractivity contribution is 0.145. The molecule has 1 aliphatic rings. The first-order valence-electron chi connectivity index (χ1n) is 8.07. The van der Waals surface area contributed by atoms with Gasteiger partial charge in [-0.2, -0.15) is 0 Å². The molecule has 1 fully saturated rings. The number of likely N-dealkylation sites (tertiary alicyclic amines) is 1. The summed E-state index contributed by atoms with van der Waals surface area (Å²) in [4.78, 5) is 2.60. The predicted molar refractivity (Wildman–Crippen MR) is 89.6 cm³/mol. The third-order valence-corrected chi connectivity index (χ3v) is 5.03. The Morgan fingerprint density at radius 3 is 1.57 bits per heavy atom. The van der Waals surface area contributed by atoms with Crippen molar-refractivity contribution in [2.45, 2.75) is 38.1 Å². The number of hydrogen-bond acceptors (Lipinski definition) is 1. The summed E-state index contributed by atoms with van der Waals surface area (Å²) in [5.41, 5.74) is 3.13. The van der Waals surface area contributed by atoms with Crippen LogP contribution in [-0.2, 0) is 5.41 Å². The molecular formula is C20H25N. The number of piperidine rings is 1. The van der Waals surface area contributed by atoms with E-state index in [-0.39, 0.29) is 5.41 Å². The Bertz CT molecular complexity index is 509. The first-order valence-corrected chi connectivity index (χ1v) is 8.07. The summed E-state index contributed by atoms with van der Waals surface area (Å²) in [6, 6.07) is 22.8. The van der Waals surface area contributed by atoms with E-state index in [9.17, 15) is 0 Å². The van der Waals surface area contributed by atoms with Gasteiger partial charge in [0, 0.05) is 11.5 Å². The minimum absolute atomic E-state index is 0.188. The molecule has 0 unspecified atom stereocenters. The highest BCUT2D eigenvalue weighted by Gasteiger charge is 2.37. The van der Waals surface area contributed by atoms with Crippen molar-refractivity contribution in [3.05, 3.63) is 71.8 Å². The summed E-state index contributed by atoms with van der Waals surface area (Å²) in [5.74, 6) is 0. The number of benzene rings is 2. The van der Waals surface area contributed by atoms with E-state index in [1.165, 1.54) is 37.1 Å². The van der Waals surface area contributed by atoms with Gasteiger partial charge in [0.05, 0.1) is 0 Å². The first kappa shape index (κ1) is 14.3. The second-order valence-electron chi connectivity index (χ2n) is 6.44. The molecule has 2 aromatic rings. The molecule has 3 rings (SSSR count). The fourth-order valence-electron chi connectivity index (χ4n) is 3.68. The molecule has 0 bridgehead atoms. The summed E-state index contributed by atoms with van der Waals surface area (Å²) >= 11 is 0. The zero-order valence-electron chi connectivity index (χ0n) is 13.1. The standard InChI is InChI=1S/C20H25N/c1-17(2)21-15-13-20(14-16-21,18-9-5-3-6-10-18)19-11-7-4-8-12-19/h3-12,17H,13-16H2,1-2H3. The van der Waals surface area contributed by atoms with Crippen molar-refractivity contribution in [3.63, 3.8) is 0 Å². The topological polar surface area (TPSA) is 3.24 Å². The van der Waals surface area contributed by atoms with Crippen molar-refractivity contribution in [2.75, 3.05) is 13.1 Å². The van der Waals surface area contributed by atoms with Gasteiger partial charge in [-0.05, 0) is 50.9 Å². The van der Waals surface area contributed by atoms with E-state index in [2.05, 4.69) is 79.4 Å². The third kappa shape index (κ3) is 2.75. The maximum atomic E-state index is 2.60. The molecule has 0 atom stereocenters. The molecule has 2 aromatic carbocycles. The SMILES string of the molecule is CC(C)N1CCC(c2ccccc2)(c2ccccc2)CC1. The van der Waals surface area contributed by atoms with Crippen LogP contribution < -0.4 is 0 Å². The molecule has 110 valence electrons. The molecule has 0 saturated carbocycles. The molecule has 0 radical (unpaired) electrons. The van der Waals surface area contributed by atoms with Crippen LogP contribution in [0.15, 0.2) is 60.7 Å². The van der Waals surface area contributed by atoms with Gasteiger partial charge in [0.2, 0.25) is 0 Å². The minimum Gasteiger partial charge on any atom is -0.301 e. The average Bonchev–Trinajstić information content (AvgIpc) is 2.56. The molecule has 0 aromatic heterocycles. The van der Waals surface area contributed by atoms with Gasteiger partial charge >= 0.3 is 0 Å². The normalized spacial score (nSPS) is 18.8. The lowest BCUT2D eigenvalue weighted by atomic mass is 9.68. The van der Waals surface area contributed by atoms with Crippen molar-refractivity contribution in [1.82, 2.24) is 4.90 Å². The van der Waals surface area contributed by atoms with Crippen LogP contribution in [0.1, 0.15) is 37.8 Å². The van der Waals surface area contributed by atoms with Gasteiger partial charge in [-0.15, -0.1) is 0 Å². The van der Waals surface area contributed by atoms with E-state index in [1.807, 2.05) is 0 Å². The van der Waals surface area contributed by atoms with Crippen LogP contribution in [0, 0.1) is 0 Å². The summed E-state index contributed by atoms with van der Waals surface area (Å²) < 4.78 is 0. The van der Waals surface area contributed by atoms with Gasteiger partial charge in [0.25, 0.3) is 0 Å². The Kier molecular flexibility index (Phi) is 4.12. The van der Waals surface area contributed by atoms with Crippen LogP contribution >= 0.6 is 0 Å². The van der Waals surface area contributed by atoms with Gasteiger partial charge in [-0.25, -0.2) is 0 Å². The lowest BCUT2D eigenvalue weighted by Crippen LogP contribution is -2.45. The fourth-order valence-corrected chi connectivity index (χ4v) is 3.68. The Morgan fingerprint density at radius 2 is 1.19 bits per heavy atom. The van der Waals surface area contributed by atoms with E-state index < -0.39 is 0 Å². The van der Waals surface area contributed by atoms with Crippen LogP contribution in [0.3, 0.4) is 0 Å². The largest absolute Gasteiger partial charge is 0.301 e. The maximum absolute atomic E-state index is 2.60. The van der Waals surface area contributed by atoms with Gasteiger partial charge in [-0.1, -0.05) is 60.7 Å². The maximum Gasteiger partial charge on any atom is 0.0227 e. The number of hydrogen-bond donors (Lipinski definition) is 0. The molecule has 1 heteroatoms. The van der Waals surface area contributed by atoms with Crippen LogP contribution in [0.5, 0.6) is 0 Å². The van der Waals surface area contributed by atoms with Gasteiger partial charge in [0.15, 0.2) is 0 Å². The lowest BCUT2D eigenvalue weighted by Gasteiger charge is -2.44. The van der Waals surface area contributed by atoms with Gasteiger partial charge in [-0.3, -0.25) is 0 Å². The number of nitrogens with zero attached hydrogens (tertiary/aromatic N) is 1. The Hall–Kier alpha value is -1.60.